The van der Waals surface area contributed by atoms with Crippen molar-refractivity contribution in [3.63, 3.8) is 0 Å². The first kappa shape index (κ1) is 56.9. The second-order valence-corrected chi connectivity index (χ2v) is 24.7. The van der Waals surface area contributed by atoms with Crippen LogP contribution in [0.25, 0.3) is 38.7 Å². The topological polar surface area (TPSA) is 147 Å². The summed E-state index contributed by atoms with van der Waals surface area (Å²) in [6.45, 7) is 8.90. The third kappa shape index (κ3) is 14.3. The molecule has 6 aromatic rings. The highest BCUT2D eigenvalue weighted by atomic mass is 32.1. The number of thiophene rings is 4. The predicted molar refractivity (Wildman–Crippen MR) is 324 cm³/mol. The molecule has 398 valence electrons. The minimum atomic E-state index is -1.23. The number of rotatable bonds is 29. The Labute approximate surface area is 471 Å². The van der Waals surface area contributed by atoms with Crippen molar-refractivity contribution in [3.8, 4) is 33.0 Å². The molecule has 0 saturated carbocycles. The lowest BCUT2D eigenvalue weighted by Gasteiger charge is -2.10. The number of aliphatic carboxylic acids is 2. The Kier molecular flexibility index (Phi) is 20.6. The van der Waals surface area contributed by atoms with Gasteiger partial charge in [0.25, 0.3) is 0 Å². The Hall–Kier alpha value is -6.28. The van der Waals surface area contributed by atoms with Crippen LogP contribution in [0, 0.1) is 22.7 Å². The first-order valence-electron chi connectivity index (χ1n) is 27.9. The van der Waals surface area contributed by atoms with Gasteiger partial charge >= 0.3 is 11.9 Å². The molecule has 2 N–H and O–H groups in total. The average Bonchev–Trinajstić information content (AvgIpc) is 4.35. The van der Waals surface area contributed by atoms with Gasteiger partial charge in [-0.05, 0) is 146 Å². The molecule has 1 atom stereocenters. The number of unbranched alkanes of at least 4 members (excludes halogenated alkanes) is 12. The van der Waals surface area contributed by atoms with Gasteiger partial charge in [0.1, 0.15) is 23.3 Å². The molecule has 4 aromatic heterocycles. The first-order chi connectivity index (χ1) is 37.5. The minimum absolute atomic E-state index is 0.279. The van der Waals surface area contributed by atoms with Gasteiger partial charge in [-0.2, -0.15) is 10.5 Å². The zero-order chi connectivity index (χ0) is 54.3. The number of carboxylic acid groups (broad SMARTS) is 2. The monoisotopic (exact) mass is 1100 g/mol. The van der Waals surface area contributed by atoms with Crippen molar-refractivity contribution in [2.45, 2.75) is 162 Å². The molecule has 0 fully saturated rings. The number of aryl methyl sites for hydroxylation is 4. The summed E-state index contributed by atoms with van der Waals surface area (Å²) in [5.41, 5.74) is 10.9. The van der Waals surface area contributed by atoms with Crippen LogP contribution in [0.4, 0.5) is 0 Å². The van der Waals surface area contributed by atoms with Gasteiger partial charge in [-0.25, -0.2) is 14.6 Å². The second-order valence-electron chi connectivity index (χ2n) is 20.2. The van der Waals surface area contributed by atoms with Crippen molar-refractivity contribution < 1.29 is 19.8 Å². The van der Waals surface area contributed by atoms with E-state index in [-0.39, 0.29) is 17.2 Å². The molecular weight excluding hydrogens is 1030 g/mol. The van der Waals surface area contributed by atoms with Crippen molar-refractivity contribution in [1.82, 2.24) is 0 Å². The summed E-state index contributed by atoms with van der Waals surface area (Å²) < 4.78 is 0. The molecule has 8 nitrogen and oxygen atoms in total. The highest BCUT2D eigenvalue weighted by molar-refractivity contribution is 7.17. The molecule has 2 aromatic carbocycles. The fraction of sp³-hybridized carbons (Fsp3) is 0.385. The molecule has 0 saturated heterocycles. The molecule has 0 aliphatic carbocycles. The fourth-order valence-electron chi connectivity index (χ4n) is 10.3. The van der Waals surface area contributed by atoms with Crippen LogP contribution in [0.1, 0.15) is 199 Å². The van der Waals surface area contributed by atoms with Crippen LogP contribution < -0.4 is 0 Å². The van der Waals surface area contributed by atoms with Crippen LogP contribution in [-0.2, 0) is 35.3 Å². The SMILES string of the molecule is CCCCCCc1ccc(C2=N/C(=C\C3N=C(c4ccc(CCCCCC)s4)c4cc(-c5sc(/C=C(/C#N)C(=O)O)cc5CCCCCC)ccc43)c3ccc(-c4sc(/C=C(/C#N)C(=O)O)cc4CCCCCC)cc32)s1. The van der Waals surface area contributed by atoms with Gasteiger partial charge < -0.3 is 10.2 Å². The van der Waals surface area contributed by atoms with Crippen molar-refractivity contribution in [2.75, 3.05) is 0 Å². The van der Waals surface area contributed by atoms with Crippen LogP contribution in [0.5, 0.6) is 0 Å². The molecule has 8 rings (SSSR count). The quantitative estimate of drug-likeness (QED) is 0.0272. The predicted octanol–water partition coefficient (Wildman–Crippen LogP) is 18.5. The van der Waals surface area contributed by atoms with Gasteiger partial charge in [-0.1, -0.05) is 129 Å². The van der Waals surface area contributed by atoms with E-state index in [2.05, 4.69) is 107 Å². The zero-order valence-corrected chi connectivity index (χ0v) is 48.3. The van der Waals surface area contributed by atoms with E-state index in [4.69, 9.17) is 9.98 Å². The van der Waals surface area contributed by atoms with Gasteiger partial charge in [-0.3, -0.25) is 4.99 Å². The second kappa shape index (κ2) is 27.9. The Morgan fingerprint density at radius 1 is 0.532 bits per heavy atom. The molecule has 0 spiro atoms. The molecular formula is C65H70N4O4S4. The van der Waals surface area contributed by atoms with Crippen LogP contribution in [0.2, 0.25) is 0 Å². The summed E-state index contributed by atoms with van der Waals surface area (Å²) in [4.78, 5) is 43.7. The van der Waals surface area contributed by atoms with Crippen LogP contribution in [0.15, 0.2) is 100 Å². The van der Waals surface area contributed by atoms with Crippen molar-refractivity contribution >= 4 is 86.6 Å². The third-order valence-electron chi connectivity index (χ3n) is 14.4. The highest BCUT2D eigenvalue weighted by Gasteiger charge is 2.31. The number of carboxylic acids is 2. The summed E-state index contributed by atoms with van der Waals surface area (Å²) in [5.74, 6) is -2.46. The summed E-state index contributed by atoms with van der Waals surface area (Å²) in [6, 6.07) is 29.9. The van der Waals surface area contributed by atoms with E-state index in [1.807, 2.05) is 34.8 Å². The number of aliphatic imine (C=N–C) groups is 2. The van der Waals surface area contributed by atoms with Crippen molar-refractivity contribution in [2.24, 2.45) is 9.98 Å². The lowest BCUT2D eigenvalue weighted by Crippen LogP contribution is -1.99. The van der Waals surface area contributed by atoms with Crippen molar-refractivity contribution in [1.29, 1.82) is 10.5 Å². The zero-order valence-electron chi connectivity index (χ0n) is 45.0. The van der Waals surface area contributed by atoms with E-state index >= 15 is 0 Å². The van der Waals surface area contributed by atoms with Gasteiger partial charge in [0.05, 0.1) is 32.9 Å². The average molecular weight is 1100 g/mol. The van der Waals surface area contributed by atoms with Crippen molar-refractivity contribution in [3.05, 3.63) is 153 Å². The number of benzene rings is 2. The molecule has 2 aliphatic rings. The lowest BCUT2D eigenvalue weighted by molar-refractivity contribution is -0.133. The number of fused-ring (bicyclic) bond motifs is 2. The van der Waals surface area contributed by atoms with E-state index in [1.165, 1.54) is 83.1 Å². The Morgan fingerprint density at radius 3 is 1.48 bits per heavy atom. The summed E-state index contributed by atoms with van der Waals surface area (Å²) in [5, 5.41) is 38.9. The Bertz CT molecular complexity index is 3320. The number of hydrogen-bond acceptors (Lipinski definition) is 10. The minimum Gasteiger partial charge on any atom is -0.477 e. The third-order valence-corrected chi connectivity index (χ3v) is 19.0. The lowest BCUT2D eigenvalue weighted by atomic mass is 9.94. The summed E-state index contributed by atoms with van der Waals surface area (Å²) >= 11 is 6.73. The van der Waals surface area contributed by atoms with E-state index < -0.39 is 11.9 Å². The van der Waals surface area contributed by atoms with Gasteiger partial charge in [0, 0.05) is 46.0 Å². The number of hydrogen-bond donors (Lipinski definition) is 2. The van der Waals surface area contributed by atoms with Gasteiger partial charge in [0.2, 0.25) is 0 Å². The Balaban J connectivity index is 1.24. The maximum Gasteiger partial charge on any atom is 0.346 e. The molecule has 77 heavy (non-hydrogen) atoms. The molecule has 6 heterocycles. The van der Waals surface area contributed by atoms with Gasteiger partial charge in [0.15, 0.2) is 0 Å². The maximum atomic E-state index is 12.0. The molecule has 2 aliphatic heterocycles. The standard InChI is InChI=1S/C65H70N4O4S4/c1-5-9-13-17-21-42-33-50(35-46(40-66)64(70)71)76-62(42)44-25-29-52-54(37-44)60(58-31-27-48(74-58)23-19-15-11-7-3)68-56(52)39-57-53-30-26-45(38-55(53)61(69-57)59-32-28-49(75-59)24-20-16-12-8-4)63-43(22-18-14-10-6-2)34-51(77-63)36-47(41-67)65(72)73/h25-39,56H,5-24H2,1-4H3,(H,70,71)(H,72,73)/b46-35-,47-36-,57-39-. The molecule has 0 amide bonds. The Morgan fingerprint density at radius 2 is 1.00 bits per heavy atom. The molecule has 1 unspecified atom stereocenters. The number of carbonyl (C=O) groups is 2. The fourth-order valence-corrected chi connectivity index (χ4v) is 14.7. The maximum absolute atomic E-state index is 12.0. The molecule has 12 heteroatoms. The number of nitrogens with zero attached hydrogens (tertiary/aromatic N) is 4. The first-order valence-corrected chi connectivity index (χ1v) is 31.1. The van der Waals surface area contributed by atoms with Crippen LogP contribution >= 0.6 is 45.3 Å². The van der Waals surface area contributed by atoms with E-state index in [1.54, 1.807) is 0 Å². The number of nitriles is 2. The smallest absolute Gasteiger partial charge is 0.346 e. The van der Waals surface area contributed by atoms with E-state index in [9.17, 15) is 30.3 Å². The largest absolute Gasteiger partial charge is 0.477 e. The summed E-state index contributed by atoms with van der Waals surface area (Å²) in [6.07, 6.45) is 27.5. The summed E-state index contributed by atoms with van der Waals surface area (Å²) in [7, 11) is 0. The van der Waals surface area contributed by atoms with Crippen LogP contribution in [-0.4, -0.2) is 33.6 Å². The van der Waals surface area contributed by atoms with Gasteiger partial charge in [-0.15, -0.1) is 45.3 Å². The normalized spacial score (nSPS) is 14.6. The van der Waals surface area contributed by atoms with Crippen LogP contribution in [0.3, 0.4) is 0 Å². The molecule has 0 radical (unpaired) electrons. The van der Waals surface area contributed by atoms with E-state index in [0.717, 1.165) is 181 Å². The molecule has 0 bridgehead atoms. The highest BCUT2D eigenvalue weighted by Crippen LogP contribution is 2.45. The van der Waals surface area contributed by atoms with E-state index in [0.29, 0.717) is 0 Å².